The van der Waals surface area contributed by atoms with E-state index in [9.17, 15) is 4.79 Å². The molecule has 0 atom stereocenters. The minimum atomic E-state index is -0.306. The van der Waals surface area contributed by atoms with Crippen LogP contribution in [-0.4, -0.2) is 23.2 Å². The van der Waals surface area contributed by atoms with Crippen LogP contribution in [0.4, 0.5) is 5.69 Å². The highest BCUT2D eigenvalue weighted by Gasteiger charge is 2.22. The van der Waals surface area contributed by atoms with E-state index in [0.29, 0.717) is 40.1 Å². The maximum atomic E-state index is 12.5. The third-order valence-electron chi connectivity index (χ3n) is 3.90. The number of nitrogens with two attached hydrogens (primary N) is 1. The molecule has 1 aromatic carbocycles. The summed E-state index contributed by atoms with van der Waals surface area (Å²) < 4.78 is 0. The van der Waals surface area contributed by atoms with Gasteiger partial charge in [-0.05, 0) is 44.2 Å². The summed E-state index contributed by atoms with van der Waals surface area (Å²) in [6.45, 7) is 11.9. The molecule has 0 bridgehead atoms. The van der Waals surface area contributed by atoms with Crippen LogP contribution in [0.3, 0.4) is 0 Å². The standard InChI is InChI=1S/C21H24ClN5O/c1-5-6-7-20(23)14(2)15(3)26-27-16(4)25-19(12-21(27)28)13-24-18-10-8-17(22)9-11-18/h5-12,24-25H,2,4,13,23H2,1,3H3/b6-5-,20-7+,26-15+. The fraction of sp³-hybridized carbons (Fsp3) is 0.143. The number of amides is 1. The van der Waals surface area contributed by atoms with Crippen LogP contribution in [-0.2, 0) is 4.79 Å². The number of hydrazone groups is 1. The lowest BCUT2D eigenvalue weighted by Gasteiger charge is -2.26. The van der Waals surface area contributed by atoms with Gasteiger partial charge in [0.05, 0.1) is 12.3 Å². The Kier molecular flexibility index (Phi) is 7.23. The van der Waals surface area contributed by atoms with Gasteiger partial charge in [-0.25, -0.2) is 0 Å². The molecule has 0 saturated heterocycles. The van der Waals surface area contributed by atoms with Crippen LogP contribution in [0.15, 0.2) is 89.6 Å². The number of nitrogens with zero attached hydrogens (tertiary/aromatic N) is 2. The number of benzene rings is 1. The van der Waals surface area contributed by atoms with Gasteiger partial charge in [0.2, 0.25) is 0 Å². The van der Waals surface area contributed by atoms with E-state index in [-0.39, 0.29) is 5.91 Å². The highest BCUT2D eigenvalue weighted by molar-refractivity contribution is 6.30. The lowest BCUT2D eigenvalue weighted by Crippen LogP contribution is -2.38. The zero-order chi connectivity index (χ0) is 20.7. The summed E-state index contributed by atoms with van der Waals surface area (Å²) in [5.74, 6) is 0.0448. The molecule has 4 N–H and O–H groups in total. The van der Waals surface area contributed by atoms with E-state index in [1.807, 2.05) is 31.2 Å². The lowest BCUT2D eigenvalue weighted by molar-refractivity contribution is -0.125. The normalized spacial score (nSPS) is 15.5. The predicted molar refractivity (Wildman–Crippen MR) is 116 cm³/mol. The largest absolute Gasteiger partial charge is 0.398 e. The van der Waals surface area contributed by atoms with Crippen LogP contribution in [0.5, 0.6) is 0 Å². The molecule has 7 heteroatoms. The fourth-order valence-electron chi connectivity index (χ4n) is 2.31. The van der Waals surface area contributed by atoms with Crippen LogP contribution in [0.1, 0.15) is 13.8 Å². The first-order valence-corrected chi connectivity index (χ1v) is 9.03. The molecule has 2 rings (SSSR count). The van der Waals surface area contributed by atoms with Gasteiger partial charge in [-0.1, -0.05) is 36.9 Å². The van der Waals surface area contributed by atoms with Crippen molar-refractivity contribution in [2.75, 3.05) is 11.9 Å². The SMILES string of the molecule is C=C(/C(N)=C\C=C/C)/C(C)=N/N1C(=C)NC(CNc2ccc(Cl)cc2)=CC1=O. The number of carbonyl (C=O) groups excluding carboxylic acids is 1. The van der Waals surface area contributed by atoms with E-state index in [1.54, 1.807) is 25.1 Å². The Labute approximate surface area is 170 Å². The van der Waals surface area contributed by atoms with E-state index < -0.39 is 0 Å². The number of allylic oxidation sites excluding steroid dienone is 4. The molecule has 0 fully saturated rings. The van der Waals surface area contributed by atoms with Gasteiger partial charge in [0.25, 0.3) is 5.91 Å². The van der Waals surface area contributed by atoms with Gasteiger partial charge in [0.1, 0.15) is 5.82 Å². The zero-order valence-corrected chi connectivity index (χ0v) is 16.8. The lowest BCUT2D eigenvalue weighted by atomic mass is 10.1. The molecule has 0 aliphatic carbocycles. The van der Waals surface area contributed by atoms with Crippen molar-refractivity contribution in [1.29, 1.82) is 0 Å². The molecule has 6 nitrogen and oxygen atoms in total. The summed E-state index contributed by atoms with van der Waals surface area (Å²) in [4.78, 5) is 12.5. The molecule has 1 aliphatic heterocycles. The number of nitrogens with one attached hydrogen (secondary N) is 2. The molecule has 0 unspecified atom stereocenters. The van der Waals surface area contributed by atoms with E-state index in [4.69, 9.17) is 17.3 Å². The van der Waals surface area contributed by atoms with Gasteiger partial charge < -0.3 is 16.4 Å². The quantitative estimate of drug-likeness (QED) is 0.481. The molecule has 1 amide bonds. The van der Waals surface area contributed by atoms with Crippen molar-refractivity contribution in [3.63, 3.8) is 0 Å². The Balaban J connectivity index is 2.07. The Morgan fingerprint density at radius 1 is 1.39 bits per heavy atom. The van der Waals surface area contributed by atoms with Gasteiger partial charge in [0.15, 0.2) is 0 Å². The Hall–Kier alpha value is -3.25. The first-order chi connectivity index (χ1) is 13.3. The van der Waals surface area contributed by atoms with Crippen molar-refractivity contribution in [2.45, 2.75) is 13.8 Å². The second kappa shape index (κ2) is 9.62. The Morgan fingerprint density at radius 3 is 2.68 bits per heavy atom. The first kappa shape index (κ1) is 21.1. The fourth-order valence-corrected chi connectivity index (χ4v) is 2.43. The monoisotopic (exact) mass is 397 g/mol. The third-order valence-corrected chi connectivity index (χ3v) is 4.15. The molecule has 0 spiro atoms. The number of halogens is 1. The summed E-state index contributed by atoms with van der Waals surface area (Å²) >= 11 is 5.88. The minimum Gasteiger partial charge on any atom is -0.398 e. The van der Waals surface area contributed by atoms with Crippen LogP contribution in [0.2, 0.25) is 5.02 Å². The minimum absolute atomic E-state index is 0.306. The molecular weight excluding hydrogens is 374 g/mol. The zero-order valence-electron chi connectivity index (χ0n) is 16.0. The second-order valence-electron chi connectivity index (χ2n) is 6.06. The topological polar surface area (TPSA) is 82.8 Å². The molecule has 0 radical (unpaired) electrons. The second-order valence-corrected chi connectivity index (χ2v) is 6.50. The Morgan fingerprint density at radius 2 is 2.07 bits per heavy atom. The molecule has 1 aromatic rings. The number of hydrogen-bond donors (Lipinski definition) is 3. The number of carbonyl (C=O) groups is 1. The van der Waals surface area contributed by atoms with Crippen molar-refractivity contribution in [2.24, 2.45) is 10.8 Å². The van der Waals surface area contributed by atoms with Gasteiger partial charge >= 0.3 is 0 Å². The molecule has 28 heavy (non-hydrogen) atoms. The van der Waals surface area contributed by atoms with Crippen molar-refractivity contribution >= 4 is 28.9 Å². The third kappa shape index (κ3) is 5.62. The molecule has 1 heterocycles. The van der Waals surface area contributed by atoms with Crippen LogP contribution in [0.25, 0.3) is 0 Å². The summed E-state index contributed by atoms with van der Waals surface area (Å²) in [5, 5.41) is 12.4. The number of rotatable bonds is 7. The molecular formula is C21H24ClN5O. The summed E-state index contributed by atoms with van der Waals surface area (Å²) in [7, 11) is 0. The van der Waals surface area contributed by atoms with Crippen molar-refractivity contribution < 1.29 is 4.79 Å². The van der Waals surface area contributed by atoms with Gasteiger partial charge in [-0.2, -0.15) is 10.1 Å². The summed E-state index contributed by atoms with van der Waals surface area (Å²) in [6.07, 6.45) is 6.86. The molecule has 146 valence electrons. The van der Waals surface area contributed by atoms with Crippen molar-refractivity contribution in [3.05, 3.63) is 89.5 Å². The van der Waals surface area contributed by atoms with Gasteiger partial charge in [-0.15, -0.1) is 0 Å². The van der Waals surface area contributed by atoms with Crippen LogP contribution >= 0.6 is 11.6 Å². The number of anilines is 1. The van der Waals surface area contributed by atoms with Crippen LogP contribution in [0, 0.1) is 0 Å². The van der Waals surface area contributed by atoms with Gasteiger partial charge in [-0.3, -0.25) is 4.79 Å². The molecule has 1 aliphatic rings. The smallest absolute Gasteiger partial charge is 0.274 e. The predicted octanol–water partition coefficient (Wildman–Crippen LogP) is 3.89. The van der Waals surface area contributed by atoms with Crippen LogP contribution < -0.4 is 16.4 Å². The van der Waals surface area contributed by atoms with Crippen molar-refractivity contribution in [3.8, 4) is 0 Å². The van der Waals surface area contributed by atoms with E-state index >= 15 is 0 Å². The molecule has 0 aromatic heterocycles. The maximum Gasteiger partial charge on any atom is 0.274 e. The Bertz CT molecular complexity index is 894. The average molecular weight is 398 g/mol. The van der Waals surface area contributed by atoms with Crippen molar-refractivity contribution in [1.82, 2.24) is 10.3 Å². The van der Waals surface area contributed by atoms with Gasteiger partial charge in [0, 0.05) is 33.8 Å². The highest BCUT2D eigenvalue weighted by Crippen LogP contribution is 2.16. The highest BCUT2D eigenvalue weighted by atomic mass is 35.5. The maximum absolute atomic E-state index is 12.5. The first-order valence-electron chi connectivity index (χ1n) is 8.65. The summed E-state index contributed by atoms with van der Waals surface area (Å²) in [5.41, 5.74) is 9.07. The number of hydrogen-bond acceptors (Lipinski definition) is 5. The average Bonchev–Trinajstić information content (AvgIpc) is 2.67. The molecule has 0 saturated carbocycles. The van der Waals surface area contributed by atoms with E-state index in [1.165, 1.54) is 11.1 Å². The summed E-state index contributed by atoms with van der Waals surface area (Å²) in [6, 6.07) is 7.30. The van der Waals surface area contributed by atoms with E-state index in [0.717, 1.165) is 5.69 Å². The van der Waals surface area contributed by atoms with E-state index in [2.05, 4.69) is 28.9 Å².